The van der Waals surface area contributed by atoms with Crippen LogP contribution in [0.2, 0.25) is 5.02 Å². The van der Waals surface area contributed by atoms with Gasteiger partial charge < -0.3 is 15.7 Å². The van der Waals surface area contributed by atoms with Gasteiger partial charge in [-0.05, 0) is 35.4 Å². The molecule has 1 atom stereocenters. The summed E-state index contributed by atoms with van der Waals surface area (Å²) < 4.78 is 14.0. The molecule has 0 saturated carbocycles. The van der Waals surface area contributed by atoms with Gasteiger partial charge in [0, 0.05) is 4.47 Å². The number of halogens is 3. The van der Waals surface area contributed by atoms with Gasteiger partial charge in [0.25, 0.3) is 0 Å². The molecule has 0 amide bonds. The number of aromatic nitrogens is 2. The molecule has 1 heterocycles. The van der Waals surface area contributed by atoms with Crippen LogP contribution in [0.25, 0.3) is 11.0 Å². The Morgan fingerprint density at radius 2 is 1.86 bits per heavy atom. The molecular weight excluding hydrogens is 361 g/mol. The van der Waals surface area contributed by atoms with Crippen LogP contribution in [-0.2, 0) is 0 Å². The Morgan fingerprint density at radius 1 is 1.19 bits per heavy atom. The monoisotopic (exact) mass is 369 g/mol. The minimum atomic E-state index is -0.500. The lowest BCUT2D eigenvalue weighted by molar-refractivity contribution is 0.627. The Balaban J connectivity index is 2.11. The Bertz CT molecular complexity index is 890. The lowest BCUT2D eigenvalue weighted by Crippen LogP contribution is -2.12. The molecule has 0 fully saturated rings. The molecule has 1 aromatic heterocycles. The van der Waals surface area contributed by atoms with Gasteiger partial charge in [0.1, 0.15) is 5.82 Å². The van der Waals surface area contributed by atoms with Crippen molar-refractivity contribution in [3.63, 3.8) is 0 Å². The summed E-state index contributed by atoms with van der Waals surface area (Å²) in [6.07, 6.45) is 0. The molecule has 1 unspecified atom stereocenters. The van der Waals surface area contributed by atoms with E-state index in [0.29, 0.717) is 16.6 Å². The first-order valence-electron chi connectivity index (χ1n) is 6.07. The van der Waals surface area contributed by atoms with E-state index in [2.05, 4.69) is 25.9 Å². The second kappa shape index (κ2) is 5.29. The lowest BCUT2D eigenvalue weighted by atomic mass is 9.99. The molecule has 0 saturated heterocycles. The number of nitrogens with one attached hydrogen (secondary N) is 2. The van der Waals surface area contributed by atoms with Crippen molar-refractivity contribution in [1.29, 1.82) is 0 Å². The number of aromatic amines is 2. The van der Waals surface area contributed by atoms with E-state index in [9.17, 15) is 9.18 Å². The van der Waals surface area contributed by atoms with Crippen LogP contribution >= 0.6 is 27.5 Å². The number of fused-ring (bicyclic) bond motifs is 1. The van der Waals surface area contributed by atoms with E-state index >= 15 is 0 Å². The molecule has 4 nitrogen and oxygen atoms in total. The van der Waals surface area contributed by atoms with Crippen molar-refractivity contribution in [2.45, 2.75) is 6.04 Å². The van der Waals surface area contributed by atoms with E-state index in [1.54, 1.807) is 18.2 Å². The molecule has 4 N–H and O–H groups in total. The first-order chi connectivity index (χ1) is 9.95. The summed E-state index contributed by atoms with van der Waals surface area (Å²) in [4.78, 5) is 16.7. The second-order valence-electron chi connectivity index (χ2n) is 4.65. The molecule has 108 valence electrons. The van der Waals surface area contributed by atoms with Gasteiger partial charge in [-0.3, -0.25) is 0 Å². The number of rotatable bonds is 2. The highest BCUT2D eigenvalue weighted by Gasteiger charge is 2.15. The summed E-state index contributed by atoms with van der Waals surface area (Å²) in [6.45, 7) is 0. The van der Waals surface area contributed by atoms with Gasteiger partial charge in [0.2, 0.25) is 0 Å². The third-order valence-corrected chi connectivity index (χ3v) is 4.25. The first-order valence-corrected chi connectivity index (χ1v) is 7.25. The fourth-order valence-electron chi connectivity index (χ4n) is 2.20. The molecule has 0 aliphatic rings. The zero-order valence-corrected chi connectivity index (χ0v) is 12.9. The Morgan fingerprint density at radius 3 is 2.52 bits per heavy atom. The number of benzene rings is 2. The number of imidazole rings is 1. The number of nitrogens with two attached hydrogens (primary N) is 1. The highest BCUT2D eigenvalue weighted by atomic mass is 79.9. The van der Waals surface area contributed by atoms with Crippen molar-refractivity contribution in [3.05, 3.63) is 67.3 Å². The summed E-state index contributed by atoms with van der Waals surface area (Å²) in [5, 5.41) is 0.0233. The maximum absolute atomic E-state index is 13.2. The SMILES string of the molecule is NC(c1ccc(F)c(Cl)c1)c1cc2[nH]c(=O)[nH]c2cc1Br. The molecule has 0 spiro atoms. The number of hydrogen-bond acceptors (Lipinski definition) is 2. The summed E-state index contributed by atoms with van der Waals surface area (Å²) in [5.74, 6) is -0.489. The summed E-state index contributed by atoms with van der Waals surface area (Å²) >= 11 is 9.22. The molecule has 7 heteroatoms. The predicted octanol–water partition coefficient (Wildman–Crippen LogP) is 3.46. The third kappa shape index (κ3) is 2.62. The van der Waals surface area contributed by atoms with Gasteiger partial charge in [-0.25, -0.2) is 9.18 Å². The van der Waals surface area contributed by atoms with Crippen LogP contribution in [0.1, 0.15) is 17.2 Å². The van der Waals surface area contributed by atoms with Crippen molar-refractivity contribution in [3.8, 4) is 0 Å². The predicted molar refractivity (Wildman–Crippen MR) is 84.1 cm³/mol. The molecule has 3 rings (SSSR count). The fraction of sp³-hybridized carbons (Fsp3) is 0.0714. The minimum absolute atomic E-state index is 0.0233. The number of H-pyrrole nitrogens is 2. The first kappa shape index (κ1) is 14.3. The van der Waals surface area contributed by atoms with Gasteiger partial charge in [-0.2, -0.15) is 0 Å². The Labute approximate surface area is 132 Å². The summed E-state index contributed by atoms with van der Waals surface area (Å²) in [5.41, 5.74) is 8.72. The highest BCUT2D eigenvalue weighted by Crippen LogP contribution is 2.31. The largest absolute Gasteiger partial charge is 0.323 e. The van der Waals surface area contributed by atoms with Crippen molar-refractivity contribution < 1.29 is 4.39 Å². The van der Waals surface area contributed by atoms with Gasteiger partial charge in [0.05, 0.1) is 22.1 Å². The van der Waals surface area contributed by atoms with Crippen LogP contribution in [0.3, 0.4) is 0 Å². The second-order valence-corrected chi connectivity index (χ2v) is 5.91. The molecule has 0 aliphatic carbocycles. The maximum atomic E-state index is 13.2. The molecule has 0 bridgehead atoms. The van der Waals surface area contributed by atoms with Crippen LogP contribution in [0.4, 0.5) is 4.39 Å². The quantitative estimate of drug-likeness (QED) is 0.646. The van der Waals surface area contributed by atoms with Crippen LogP contribution in [0, 0.1) is 5.82 Å². The zero-order chi connectivity index (χ0) is 15.1. The summed E-state index contributed by atoms with van der Waals surface area (Å²) in [6, 6.07) is 7.41. The number of hydrogen-bond donors (Lipinski definition) is 3. The van der Waals surface area contributed by atoms with Crippen LogP contribution in [0.5, 0.6) is 0 Å². The molecular formula is C14H10BrClFN3O. The average molecular weight is 371 g/mol. The Kier molecular flexibility index (Phi) is 3.61. The highest BCUT2D eigenvalue weighted by molar-refractivity contribution is 9.10. The molecule has 3 aromatic rings. The van der Waals surface area contributed by atoms with Crippen molar-refractivity contribution in [2.24, 2.45) is 5.73 Å². The topological polar surface area (TPSA) is 74.7 Å². The van der Waals surface area contributed by atoms with Gasteiger partial charge in [-0.15, -0.1) is 0 Å². The standard InChI is InChI=1S/C14H10BrClFN3O/c15-8-5-12-11(19-14(21)20-12)4-7(8)13(18)6-1-2-10(17)9(16)3-6/h1-5,13H,18H2,(H2,19,20,21). The Hall–Kier alpha value is -1.63. The van der Waals surface area contributed by atoms with E-state index in [1.807, 2.05) is 0 Å². The van der Waals surface area contributed by atoms with E-state index < -0.39 is 11.9 Å². The molecule has 0 aliphatic heterocycles. The minimum Gasteiger partial charge on any atom is -0.320 e. The normalized spacial score (nSPS) is 12.8. The zero-order valence-electron chi connectivity index (χ0n) is 10.6. The van der Waals surface area contributed by atoms with Crippen molar-refractivity contribution in [1.82, 2.24) is 9.97 Å². The fourth-order valence-corrected chi connectivity index (χ4v) is 2.98. The molecule has 21 heavy (non-hydrogen) atoms. The van der Waals surface area contributed by atoms with Gasteiger partial charge in [-0.1, -0.05) is 33.6 Å². The molecule has 2 aromatic carbocycles. The van der Waals surface area contributed by atoms with Crippen molar-refractivity contribution in [2.75, 3.05) is 0 Å². The van der Waals surface area contributed by atoms with Crippen LogP contribution < -0.4 is 11.4 Å². The van der Waals surface area contributed by atoms with E-state index in [1.165, 1.54) is 12.1 Å². The van der Waals surface area contributed by atoms with Gasteiger partial charge in [0.15, 0.2) is 0 Å². The van der Waals surface area contributed by atoms with Crippen molar-refractivity contribution >= 4 is 38.6 Å². The summed E-state index contributed by atoms with van der Waals surface area (Å²) in [7, 11) is 0. The smallest absolute Gasteiger partial charge is 0.320 e. The van der Waals surface area contributed by atoms with E-state index in [0.717, 1.165) is 10.0 Å². The lowest BCUT2D eigenvalue weighted by Gasteiger charge is -2.15. The van der Waals surface area contributed by atoms with E-state index in [4.69, 9.17) is 17.3 Å². The van der Waals surface area contributed by atoms with E-state index in [-0.39, 0.29) is 10.7 Å². The van der Waals surface area contributed by atoms with Gasteiger partial charge >= 0.3 is 5.69 Å². The van der Waals surface area contributed by atoms with Crippen LogP contribution in [0.15, 0.2) is 39.6 Å². The molecule has 0 radical (unpaired) electrons. The maximum Gasteiger partial charge on any atom is 0.323 e. The van der Waals surface area contributed by atoms with Crippen LogP contribution in [-0.4, -0.2) is 9.97 Å². The average Bonchev–Trinajstić information content (AvgIpc) is 2.79. The third-order valence-electron chi connectivity index (χ3n) is 3.27.